The van der Waals surface area contributed by atoms with Gasteiger partial charge in [0.2, 0.25) is 0 Å². The first-order valence-corrected chi connectivity index (χ1v) is 11.8. The zero-order valence-corrected chi connectivity index (χ0v) is 19.6. The summed E-state index contributed by atoms with van der Waals surface area (Å²) in [6, 6.07) is 16.1. The summed E-state index contributed by atoms with van der Waals surface area (Å²) in [5, 5.41) is 17.3. The molecule has 0 saturated carbocycles. The fourth-order valence-electron chi connectivity index (χ4n) is 4.74. The highest BCUT2D eigenvalue weighted by atomic mass is 16.3. The van der Waals surface area contributed by atoms with Gasteiger partial charge < -0.3 is 19.9 Å². The highest BCUT2D eigenvalue weighted by molar-refractivity contribution is 5.97. The number of nitrogens with one attached hydrogen (secondary N) is 1. The molecule has 0 spiro atoms. The minimum absolute atomic E-state index is 0.0502. The number of nitrogens with zero attached hydrogens (tertiary/aromatic N) is 5. The lowest BCUT2D eigenvalue weighted by Gasteiger charge is -2.18. The van der Waals surface area contributed by atoms with Gasteiger partial charge in [-0.15, -0.1) is 5.10 Å². The van der Waals surface area contributed by atoms with Gasteiger partial charge in [-0.05, 0) is 50.5 Å². The van der Waals surface area contributed by atoms with Crippen LogP contribution < -0.4 is 10.2 Å². The molecule has 2 N–H and O–H groups in total. The molecule has 3 aromatic heterocycles. The molecule has 1 atom stereocenters. The Morgan fingerprint density at radius 2 is 2.00 bits per heavy atom. The van der Waals surface area contributed by atoms with E-state index in [0.29, 0.717) is 25.1 Å². The number of fused-ring (bicyclic) bond motifs is 1. The summed E-state index contributed by atoms with van der Waals surface area (Å²) >= 11 is 0. The van der Waals surface area contributed by atoms with Crippen molar-refractivity contribution in [3.63, 3.8) is 0 Å². The Balaban J connectivity index is 1.33. The summed E-state index contributed by atoms with van der Waals surface area (Å²) in [7, 11) is 0. The first kappa shape index (κ1) is 22.2. The number of amides is 1. The second kappa shape index (κ2) is 9.30. The van der Waals surface area contributed by atoms with Crippen molar-refractivity contribution < 1.29 is 9.90 Å². The molecule has 0 aliphatic carbocycles. The van der Waals surface area contributed by atoms with Crippen molar-refractivity contribution in [2.45, 2.75) is 39.3 Å². The molecule has 8 heteroatoms. The second-order valence-corrected chi connectivity index (χ2v) is 8.89. The molecular formula is C26H30N6O2. The monoisotopic (exact) mass is 458 g/mol. The third kappa shape index (κ3) is 4.17. The number of carbonyl (C=O) groups excluding carboxylic acids is 1. The van der Waals surface area contributed by atoms with E-state index in [9.17, 15) is 9.90 Å². The third-order valence-electron chi connectivity index (χ3n) is 6.59. The van der Waals surface area contributed by atoms with E-state index in [4.69, 9.17) is 5.10 Å². The minimum atomic E-state index is -0.0573. The van der Waals surface area contributed by atoms with Crippen molar-refractivity contribution in [1.29, 1.82) is 0 Å². The van der Waals surface area contributed by atoms with Crippen LogP contribution in [0.3, 0.4) is 0 Å². The topological polar surface area (TPSA) is 87.7 Å². The predicted molar refractivity (Wildman–Crippen MR) is 132 cm³/mol. The summed E-state index contributed by atoms with van der Waals surface area (Å²) < 4.78 is 3.98. The van der Waals surface area contributed by atoms with Crippen LogP contribution in [0.4, 0.5) is 5.82 Å². The highest BCUT2D eigenvalue weighted by Gasteiger charge is 2.27. The molecule has 1 saturated heterocycles. The normalized spacial score (nSPS) is 15.9. The van der Waals surface area contributed by atoms with E-state index in [1.807, 2.05) is 73.1 Å². The summed E-state index contributed by atoms with van der Waals surface area (Å²) in [5.41, 5.74) is 5.49. The third-order valence-corrected chi connectivity index (χ3v) is 6.59. The molecule has 1 aliphatic rings. The van der Waals surface area contributed by atoms with Crippen LogP contribution in [0.2, 0.25) is 0 Å². The molecule has 4 heterocycles. The summed E-state index contributed by atoms with van der Waals surface area (Å²) in [6.07, 6.45) is 3.32. The molecule has 8 nitrogen and oxygen atoms in total. The quantitative estimate of drug-likeness (QED) is 0.444. The highest BCUT2D eigenvalue weighted by Crippen LogP contribution is 2.27. The van der Waals surface area contributed by atoms with E-state index >= 15 is 0 Å². The molecule has 5 rings (SSSR count). The Kier molecular flexibility index (Phi) is 6.06. The largest absolute Gasteiger partial charge is 0.396 e. The van der Waals surface area contributed by atoms with Gasteiger partial charge in [0.15, 0.2) is 5.65 Å². The van der Waals surface area contributed by atoms with Crippen LogP contribution >= 0.6 is 0 Å². The first-order chi connectivity index (χ1) is 16.5. The Morgan fingerprint density at radius 3 is 2.79 bits per heavy atom. The first-order valence-electron chi connectivity index (χ1n) is 11.8. The maximum Gasteiger partial charge on any atom is 0.253 e. The van der Waals surface area contributed by atoms with Crippen molar-refractivity contribution in [3.8, 4) is 11.3 Å². The maximum absolute atomic E-state index is 13.3. The number of aliphatic hydroxyl groups is 1. The maximum atomic E-state index is 13.3. The Hall–Kier alpha value is -3.65. The van der Waals surface area contributed by atoms with Crippen LogP contribution in [0.15, 0.2) is 54.7 Å². The van der Waals surface area contributed by atoms with Crippen LogP contribution in [0.5, 0.6) is 0 Å². The number of carbonyl (C=O) groups is 1. The molecule has 0 unspecified atom stereocenters. The fourth-order valence-corrected chi connectivity index (χ4v) is 4.74. The second-order valence-electron chi connectivity index (χ2n) is 8.89. The molecule has 1 fully saturated rings. The fraction of sp³-hybridized carbons (Fsp3) is 0.346. The zero-order valence-electron chi connectivity index (χ0n) is 19.6. The molecule has 1 aliphatic heterocycles. The molecule has 1 aromatic carbocycles. The van der Waals surface area contributed by atoms with E-state index in [2.05, 4.69) is 19.8 Å². The molecule has 1 amide bonds. The van der Waals surface area contributed by atoms with E-state index < -0.39 is 0 Å². The van der Waals surface area contributed by atoms with Crippen molar-refractivity contribution in [2.24, 2.45) is 0 Å². The van der Waals surface area contributed by atoms with E-state index in [1.54, 1.807) is 0 Å². The molecule has 4 aromatic rings. The Morgan fingerprint density at radius 1 is 1.18 bits per heavy atom. The van der Waals surface area contributed by atoms with Crippen LogP contribution in [0.1, 0.15) is 34.6 Å². The summed E-state index contributed by atoms with van der Waals surface area (Å²) in [5.74, 6) is 0.834. The van der Waals surface area contributed by atoms with Crippen LogP contribution in [0.25, 0.3) is 16.9 Å². The lowest BCUT2D eigenvalue weighted by Crippen LogP contribution is -2.37. The number of benzene rings is 1. The van der Waals surface area contributed by atoms with Gasteiger partial charge in [-0.25, -0.2) is 9.50 Å². The number of hydrogen-bond donors (Lipinski definition) is 2. The number of aromatic nitrogens is 4. The number of rotatable bonds is 7. The summed E-state index contributed by atoms with van der Waals surface area (Å²) in [6.45, 7) is 6.30. The van der Waals surface area contributed by atoms with E-state index in [0.717, 1.165) is 47.1 Å². The summed E-state index contributed by atoms with van der Waals surface area (Å²) in [4.78, 5) is 19.8. The van der Waals surface area contributed by atoms with Gasteiger partial charge >= 0.3 is 0 Å². The van der Waals surface area contributed by atoms with Gasteiger partial charge in [-0.1, -0.05) is 30.3 Å². The molecular weight excluding hydrogens is 428 g/mol. The predicted octanol–water partition coefficient (Wildman–Crippen LogP) is 3.21. The Labute approximate surface area is 198 Å². The molecule has 176 valence electrons. The number of anilines is 1. The zero-order chi connectivity index (χ0) is 23.7. The smallest absolute Gasteiger partial charge is 0.253 e. The van der Waals surface area contributed by atoms with Crippen LogP contribution in [-0.4, -0.2) is 55.9 Å². The van der Waals surface area contributed by atoms with Gasteiger partial charge in [0, 0.05) is 43.7 Å². The van der Waals surface area contributed by atoms with Crippen molar-refractivity contribution in [1.82, 2.24) is 24.5 Å². The number of imidazole rings is 1. The van der Waals surface area contributed by atoms with Gasteiger partial charge in [0.25, 0.3) is 5.91 Å². The SMILES string of the molecule is Cc1c(C(=O)N[C@H]2CCN(c3ccc4ncc(C)n4n3)C2)cc(-c2ccccc2)n1CCCO. The molecule has 34 heavy (non-hydrogen) atoms. The van der Waals surface area contributed by atoms with Crippen LogP contribution in [0, 0.1) is 13.8 Å². The molecule has 0 bridgehead atoms. The van der Waals surface area contributed by atoms with Gasteiger partial charge in [-0.2, -0.15) is 0 Å². The average Bonchev–Trinajstić information content (AvgIpc) is 3.56. The molecule has 0 radical (unpaired) electrons. The average molecular weight is 459 g/mol. The number of hydrogen-bond acceptors (Lipinski definition) is 5. The van der Waals surface area contributed by atoms with Crippen LogP contribution in [-0.2, 0) is 6.54 Å². The Bertz CT molecular complexity index is 1310. The standard InChI is InChI=1S/C26H30N6O2/c1-18-16-27-24-9-10-25(29-32(18)24)30-13-11-21(17-30)28-26(34)22-15-23(20-7-4-3-5-8-20)31(19(22)2)12-6-14-33/h3-5,7-10,15-16,21,33H,6,11-14,17H2,1-2H3,(H,28,34)/t21-/m0/s1. The van der Waals surface area contributed by atoms with Gasteiger partial charge in [0.1, 0.15) is 5.82 Å². The van der Waals surface area contributed by atoms with E-state index in [-0.39, 0.29) is 18.6 Å². The van der Waals surface area contributed by atoms with Crippen molar-refractivity contribution >= 4 is 17.4 Å². The number of aliphatic hydroxyl groups excluding tert-OH is 1. The lowest BCUT2D eigenvalue weighted by molar-refractivity contribution is 0.0939. The lowest BCUT2D eigenvalue weighted by atomic mass is 10.1. The minimum Gasteiger partial charge on any atom is -0.396 e. The van der Waals surface area contributed by atoms with Crippen molar-refractivity contribution in [3.05, 3.63) is 71.7 Å². The van der Waals surface area contributed by atoms with Gasteiger partial charge in [0.05, 0.1) is 17.5 Å². The van der Waals surface area contributed by atoms with E-state index in [1.165, 1.54) is 0 Å². The van der Waals surface area contributed by atoms with Gasteiger partial charge in [-0.3, -0.25) is 4.79 Å². The van der Waals surface area contributed by atoms with Crippen molar-refractivity contribution in [2.75, 3.05) is 24.6 Å². The number of aryl methyl sites for hydroxylation is 1.